The van der Waals surface area contributed by atoms with E-state index in [2.05, 4.69) is 111 Å². The summed E-state index contributed by atoms with van der Waals surface area (Å²) < 4.78 is 17.4. The molecule has 0 saturated heterocycles. The van der Waals surface area contributed by atoms with Crippen molar-refractivity contribution in [2.24, 2.45) is 0 Å². The zero-order chi connectivity index (χ0) is 48.4. The van der Waals surface area contributed by atoms with Crippen molar-refractivity contribution >= 4 is 17.9 Å². The molecule has 0 aromatic rings. The first-order valence-corrected chi connectivity index (χ1v) is 26.3. The van der Waals surface area contributed by atoms with E-state index in [1.165, 1.54) is 64.2 Å². The number of aliphatic carboxylic acids is 1. The minimum atomic E-state index is -0.881. The highest BCUT2D eigenvalue weighted by atomic mass is 16.6. The number of unbranched alkanes of at least 4 members (excludes halogenated alkanes) is 16. The van der Waals surface area contributed by atoms with Crippen LogP contribution in [0.5, 0.6) is 0 Å². The summed E-state index contributed by atoms with van der Waals surface area (Å²) in [6.45, 7) is 4.50. The van der Waals surface area contributed by atoms with Gasteiger partial charge in [0.1, 0.15) is 6.61 Å². The summed E-state index contributed by atoms with van der Waals surface area (Å²) in [4.78, 5) is 37.2. The van der Waals surface area contributed by atoms with E-state index in [-0.39, 0.29) is 36.2 Å². The number of carboxylic acid groups (broad SMARTS) is 1. The lowest BCUT2D eigenvalue weighted by molar-refractivity contribution is -0.887. The molecule has 66 heavy (non-hydrogen) atoms. The number of rotatable bonds is 46. The van der Waals surface area contributed by atoms with Crippen LogP contribution in [0, 0.1) is 0 Å². The fourth-order valence-electron chi connectivity index (χ4n) is 7.25. The predicted octanol–water partition coefficient (Wildman–Crippen LogP) is 15.4. The lowest BCUT2D eigenvalue weighted by atomic mass is 10.1. The minimum absolute atomic E-state index is 0.0485. The van der Waals surface area contributed by atoms with E-state index in [4.69, 9.17) is 14.2 Å². The Bertz CT molecular complexity index is 1400. The molecule has 2 unspecified atom stereocenters. The number of carbonyl (C=O) groups is 3. The van der Waals surface area contributed by atoms with Crippen LogP contribution in [-0.2, 0) is 28.6 Å². The number of quaternary nitrogens is 1. The van der Waals surface area contributed by atoms with Gasteiger partial charge in [0.25, 0.3) is 0 Å². The Morgan fingerprint density at radius 2 is 0.803 bits per heavy atom. The van der Waals surface area contributed by atoms with Crippen molar-refractivity contribution in [2.45, 2.75) is 212 Å². The maximum absolute atomic E-state index is 12.8. The highest BCUT2D eigenvalue weighted by Crippen LogP contribution is 2.15. The average molecular weight is 921 g/mol. The third-order valence-corrected chi connectivity index (χ3v) is 11.2. The van der Waals surface area contributed by atoms with E-state index in [9.17, 15) is 19.5 Å². The van der Waals surface area contributed by atoms with Crippen LogP contribution in [0.1, 0.15) is 200 Å². The summed E-state index contributed by atoms with van der Waals surface area (Å²) in [5, 5.41) is 9.66. The van der Waals surface area contributed by atoms with Crippen molar-refractivity contribution in [2.75, 3.05) is 41.0 Å². The van der Waals surface area contributed by atoms with Crippen LogP contribution in [-0.4, -0.2) is 80.6 Å². The lowest BCUT2D eigenvalue weighted by Crippen LogP contribution is -2.50. The van der Waals surface area contributed by atoms with Crippen LogP contribution < -0.4 is 0 Å². The standard InChI is InChI=1S/C58H97NO7/c1-6-8-10-12-14-16-18-20-22-24-26-28-29-31-33-35-37-39-41-43-45-47-49-57(61)66-54(52-64-51-50-55(58(62)63)59(3,4)5)53-65-56(60)48-46-44-42-40-38-36-34-32-30-27-25-23-21-19-17-15-13-11-9-7-2/h8-11,14-17,20-23,26,28,31,33,54-55H,6-7,12-13,18-19,24-25,27,29-30,32,34-53H2,1-5H3/p+1/b10-8+,11-9+,16-14+,17-15+,22-20+,23-21+,28-26+,33-31+. The number of likely N-dealkylation sites (N-methyl/N-ethyl adjacent to an activating group) is 1. The number of carbonyl (C=O) groups excluding carboxylic acids is 2. The highest BCUT2D eigenvalue weighted by Gasteiger charge is 2.31. The maximum atomic E-state index is 12.8. The lowest BCUT2D eigenvalue weighted by Gasteiger charge is -2.31. The van der Waals surface area contributed by atoms with Crippen LogP contribution in [0.4, 0.5) is 0 Å². The SMILES string of the molecule is CC/C=C/C/C=C/C/C=C/C/C=C/C/C=C/CCCCCCCCC(=O)OC(COCCC(C(=O)O)[N+](C)(C)C)COC(=O)CCCCCCCCCCCC/C=C/C/C=C/C/C=C/CC. The largest absolute Gasteiger partial charge is 0.477 e. The molecule has 0 radical (unpaired) electrons. The smallest absolute Gasteiger partial charge is 0.362 e. The number of hydrogen-bond donors (Lipinski definition) is 1. The molecule has 0 heterocycles. The quantitative estimate of drug-likeness (QED) is 0.0281. The number of hydrogen-bond acceptors (Lipinski definition) is 6. The van der Waals surface area contributed by atoms with E-state index in [0.29, 0.717) is 19.3 Å². The first-order chi connectivity index (χ1) is 32.1. The molecule has 0 aromatic carbocycles. The molecule has 0 spiro atoms. The molecule has 8 nitrogen and oxygen atoms in total. The third kappa shape index (κ3) is 45.4. The highest BCUT2D eigenvalue weighted by molar-refractivity contribution is 5.72. The van der Waals surface area contributed by atoms with Crippen LogP contribution >= 0.6 is 0 Å². The fourth-order valence-corrected chi connectivity index (χ4v) is 7.25. The van der Waals surface area contributed by atoms with Crippen LogP contribution in [0.3, 0.4) is 0 Å². The van der Waals surface area contributed by atoms with Gasteiger partial charge in [-0.3, -0.25) is 9.59 Å². The molecule has 1 N–H and O–H groups in total. The molecule has 0 aliphatic rings. The summed E-state index contributed by atoms with van der Waals surface area (Å²) in [6, 6.07) is -0.624. The van der Waals surface area contributed by atoms with E-state index < -0.39 is 18.1 Å². The second-order valence-corrected chi connectivity index (χ2v) is 18.4. The van der Waals surface area contributed by atoms with Crippen LogP contribution in [0.15, 0.2) is 97.2 Å². The van der Waals surface area contributed by atoms with Gasteiger partial charge < -0.3 is 23.8 Å². The zero-order valence-corrected chi connectivity index (χ0v) is 42.9. The van der Waals surface area contributed by atoms with Crippen molar-refractivity contribution in [1.29, 1.82) is 0 Å². The van der Waals surface area contributed by atoms with Crippen molar-refractivity contribution in [3.05, 3.63) is 97.2 Å². The van der Waals surface area contributed by atoms with Gasteiger partial charge in [-0.05, 0) is 89.9 Å². The fraction of sp³-hybridized carbons (Fsp3) is 0.672. The van der Waals surface area contributed by atoms with Crippen molar-refractivity contribution < 1.29 is 38.2 Å². The molecule has 0 rings (SSSR count). The number of esters is 2. The second-order valence-electron chi connectivity index (χ2n) is 18.4. The second kappa shape index (κ2) is 47.7. The normalized spacial score (nSPS) is 13.7. The molecular formula is C58H98NO7+. The first-order valence-electron chi connectivity index (χ1n) is 26.3. The number of carboxylic acids is 1. The summed E-state index contributed by atoms with van der Waals surface area (Å²) >= 11 is 0. The summed E-state index contributed by atoms with van der Waals surface area (Å²) in [5.74, 6) is -1.50. The summed E-state index contributed by atoms with van der Waals surface area (Å²) in [7, 11) is 5.52. The van der Waals surface area contributed by atoms with Gasteiger partial charge in [-0.1, -0.05) is 188 Å². The minimum Gasteiger partial charge on any atom is -0.477 e. The molecule has 0 amide bonds. The van der Waals surface area contributed by atoms with E-state index in [1.807, 2.05) is 21.1 Å². The van der Waals surface area contributed by atoms with Crippen LogP contribution in [0.25, 0.3) is 0 Å². The molecule has 8 heteroatoms. The Balaban J connectivity index is 4.29. The van der Waals surface area contributed by atoms with Gasteiger partial charge in [-0.15, -0.1) is 0 Å². The average Bonchev–Trinajstić information content (AvgIpc) is 3.28. The maximum Gasteiger partial charge on any atom is 0.362 e. The van der Waals surface area contributed by atoms with Crippen molar-refractivity contribution in [1.82, 2.24) is 0 Å². The van der Waals surface area contributed by atoms with Gasteiger partial charge in [0.15, 0.2) is 12.1 Å². The Hall–Kier alpha value is -3.75. The molecular weight excluding hydrogens is 823 g/mol. The molecule has 0 bridgehead atoms. The van der Waals surface area contributed by atoms with Gasteiger partial charge in [-0.25, -0.2) is 4.79 Å². The van der Waals surface area contributed by atoms with Crippen molar-refractivity contribution in [3.63, 3.8) is 0 Å². The monoisotopic (exact) mass is 921 g/mol. The topological polar surface area (TPSA) is 99.1 Å². The van der Waals surface area contributed by atoms with Crippen LogP contribution in [0.2, 0.25) is 0 Å². The first kappa shape index (κ1) is 62.2. The molecule has 376 valence electrons. The van der Waals surface area contributed by atoms with Gasteiger partial charge in [0.05, 0.1) is 34.4 Å². The Labute approximate surface area is 405 Å². The molecule has 2 atom stereocenters. The van der Waals surface area contributed by atoms with Gasteiger partial charge in [0, 0.05) is 19.3 Å². The molecule has 0 aliphatic carbocycles. The molecule has 0 aliphatic heterocycles. The molecule has 0 fully saturated rings. The summed E-state index contributed by atoms with van der Waals surface area (Å²) in [6.07, 6.45) is 64.5. The van der Waals surface area contributed by atoms with Gasteiger partial charge >= 0.3 is 17.9 Å². The predicted molar refractivity (Wildman–Crippen MR) is 279 cm³/mol. The molecule has 0 saturated carbocycles. The van der Waals surface area contributed by atoms with E-state index in [1.54, 1.807) is 0 Å². The number of allylic oxidation sites excluding steroid dienone is 16. The Kier molecular flexibility index (Phi) is 45.0. The van der Waals surface area contributed by atoms with E-state index in [0.717, 1.165) is 103 Å². The number of ether oxygens (including phenoxy) is 3. The van der Waals surface area contributed by atoms with Crippen molar-refractivity contribution in [3.8, 4) is 0 Å². The summed E-state index contributed by atoms with van der Waals surface area (Å²) in [5.41, 5.74) is 0. The molecule has 0 aromatic heterocycles. The zero-order valence-electron chi connectivity index (χ0n) is 42.9. The van der Waals surface area contributed by atoms with E-state index >= 15 is 0 Å². The van der Waals surface area contributed by atoms with Gasteiger partial charge in [0.2, 0.25) is 0 Å². The number of nitrogens with zero attached hydrogens (tertiary/aromatic N) is 1. The third-order valence-electron chi connectivity index (χ3n) is 11.2. The Morgan fingerprint density at radius 1 is 0.455 bits per heavy atom. The Morgan fingerprint density at radius 3 is 1.18 bits per heavy atom. The van der Waals surface area contributed by atoms with Gasteiger partial charge in [-0.2, -0.15) is 0 Å².